The van der Waals surface area contributed by atoms with Crippen LogP contribution in [-0.4, -0.2) is 4.98 Å². The summed E-state index contributed by atoms with van der Waals surface area (Å²) in [6.45, 7) is 0. The van der Waals surface area contributed by atoms with Crippen molar-refractivity contribution in [3.8, 4) is 0 Å². The van der Waals surface area contributed by atoms with Crippen LogP contribution in [0, 0.1) is 6.08 Å². The van der Waals surface area contributed by atoms with Gasteiger partial charge in [-0.2, -0.15) is 0 Å². The smallest absolute Gasteiger partial charge is 0.0743 e. The summed E-state index contributed by atoms with van der Waals surface area (Å²) in [7, 11) is 0. The molecule has 1 aromatic heterocycles. The van der Waals surface area contributed by atoms with Crippen molar-refractivity contribution in [2.24, 2.45) is 0 Å². The summed E-state index contributed by atoms with van der Waals surface area (Å²) in [5, 5.41) is 1.19. The molecule has 19 heavy (non-hydrogen) atoms. The van der Waals surface area contributed by atoms with Crippen LogP contribution < -0.4 is 0 Å². The van der Waals surface area contributed by atoms with E-state index in [-0.39, 0.29) is 5.92 Å². The largest absolute Gasteiger partial charge is 0.256 e. The summed E-state index contributed by atoms with van der Waals surface area (Å²) < 4.78 is 0. The Labute approximate surface area is 112 Å². The van der Waals surface area contributed by atoms with Crippen LogP contribution in [0.3, 0.4) is 0 Å². The number of benzene rings is 2. The molecular formula is C18H12N. The molecule has 0 saturated heterocycles. The van der Waals surface area contributed by atoms with E-state index in [9.17, 15) is 0 Å². The highest BCUT2D eigenvalue weighted by Crippen LogP contribution is 2.36. The predicted molar refractivity (Wildman–Crippen MR) is 77.7 cm³/mol. The van der Waals surface area contributed by atoms with Crippen LogP contribution in [0.5, 0.6) is 0 Å². The van der Waals surface area contributed by atoms with Crippen LogP contribution in [0.1, 0.15) is 22.6 Å². The fourth-order valence-corrected chi connectivity index (χ4v) is 2.79. The fraction of sp³-hybridized carbons (Fsp3) is 0.0556. The minimum Gasteiger partial charge on any atom is -0.256 e. The first-order valence-electron chi connectivity index (χ1n) is 6.45. The van der Waals surface area contributed by atoms with Gasteiger partial charge in [-0.25, -0.2) is 0 Å². The molecule has 89 valence electrons. The molecule has 0 spiro atoms. The molecule has 1 heteroatoms. The van der Waals surface area contributed by atoms with Gasteiger partial charge in [0.15, 0.2) is 0 Å². The zero-order valence-corrected chi connectivity index (χ0v) is 10.4. The molecule has 3 aromatic rings. The van der Waals surface area contributed by atoms with Crippen LogP contribution in [0.2, 0.25) is 0 Å². The maximum Gasteiger partial charge on any atom is 0.0743 e. The average molecular weight is 242 g/mol. The molecule has 2 aromatic carbocycles. The van der Waals surface area contributed by atoms with Crippen molar-refractivity contribution in [1.29, 1.82) is 0 Å². The molecule has 0 bridgehead atoms. The minimum atomic E-state index is 0.204. The van der Waals surface area contributed by atoms with Gasteiger partial charge in [0.1, 0.15) is 0 Å². The highest BCUT2D eigenvalue weighted by Gasteiger charge is 2.21. The Balaban J connectivity index is 1.96. The summed E-state index contributed by atoms with van der Waals surface area (Å²) in [6.07, 6.45) is 7.41. The molecule has 1 aliphatic rings. The van der Waals surface area contributed by atoms with Crippen molar-refractivity contribution in [2.75, 3.05) is 0 Å². The number of hydrogen-bond acceptors (Lipinski definition) is 1. The Morgan fingerprint density at radius 2 is 1.68 bits per heavy atom. The average Bonchev–Trinajstić information content (AvgIpc) is 2.90. The molecule has 4 rings (SSSR count). The maximum absolute atomic E-state index is 4.54. The molecule has 1 heterocycles. The van der Waals surface area contributed by atoms with E-state index in [0.29, 0.717) is 0 Å². The van der Waals surface area contributed by atoms with E-state index < -0.39 is 0 Å². The number of rotatable bonds is 1. The molecular weight excluding hydrogens is 230 g/mol. The van der Waals surface area contributed by atoms with E-state index in [1.54, 1.807) is 0 Å². The van der Waals surface area contributed by atoms with Crippen molar-refractivity contribution >= 4 is 17.0 Å². The molecule has 1 aliphatic carbocycles. The molecule has 0 saturated carbocycles. The Morgan fingerprint density at radius 1 is 0.842 bits per heavy atom. The third-order valence-electron chi connectivity index (χ3n) is 3.69. The zero-order chi connectivity index (χ0) is 12.7. The Morgan fingerprint density at radius 3 is 2.68 bits per heavy atom. The predicted octanol–water partition coefficient (Wildman–Crippen LogP) is 4.20. The van der Waals surface area contributed by atoms with Gasteiger partial charge in [0.05, 0.1) is 5.52 Å². The van der Waals surface area contributed by atoms with Gasteiger partial charge in [-0.05, 0) is 28.8 Å². The highest BCUT2D eigenvalue weighted by molar-refractivity contribution is 5.83. The van der Waals surface area contributed by atoms with E-state index in [4.69, 9.17) is 0 Å². The van der Waals surface area contributed by atoms with Gasteiger partial charge in [-0.1, -0.05) is 54.6 Å². The van der Waals surface area contributed by atoms with Crippen molar-refractivity contribution in [3.05, 3.63) is 83.6 Å². The zero-order valence-electron chi connectivity index (χ0n) is 10.4. The number of allylic oxidation sites excluding steroid dienone is 1. The molecule has 1 atom stereocenters. The molecule has 0 fully saturated rings. The second kappa shape index (κ2) is 4.06. The van der Waals surface area contributed by atoms with Crippen LogP contribution >= 0.6 is 0 Å². The number of aromatic nitrogens is 1. The maximum atomic E-state index is 4.54. The van der Waals surface area contributed by atoms with Gasteiger partial charge in [-0.15, -0.1) is 0 Å². The number of fused-ring (bicyclic) bond motifs is 2. The van der Waals surface area contributed by atoms with Crippen molar-refractivity contribution < 1.29 is 0 Å². The molecule has 1 unspecified atom stereocenters. The van der Waals surface area contributed by atoms with Gasteiger partial charge < -0.3 is 0 Å². The number of pyridine rings is 1. The standard InChI is InChI=1S/C18H12N/c1-2-8-15-13(5-1)10-11-16(15)17-9-3-6-14-7-4-12-19-18(14)17/h1-10,12,16H. The van der Waals surface area contributed by atoms with Crippen molar-refractivity contribution in [3.63, 3.8) is 0 Å². The first-order chi connectivity index (χ1) is 9.43. The lowest BCUT2D eigenvalue weighted by Crippen LogP contribution is -1.98. The van der Waals surface area contributed by atoms with E-state index in [1.807, 2.05) is 12.3 Å². The number of nitrogens with zero attached hydrogens (tertiary/aromatic N) is 1. The van der Waals surface area contributed by atoms with Crippen molar-refractivity contribution in [1.82, 2.24) is 4.98 Å². The summed E-state index contributed by atoms with van der Waals surface area (Å²) in [6, 6.07) is 18.9. The molecule has 1 radical (unpaired) electrons. The Hall–Kier alpha value is -2.41. The lowest BCUT2D eigenvalue weighted by Gasteiger charge is -2.13. The Kier molecular flexibility index (Phi) is 2.25. The van der Waals surface area contributed by atoms with E-state index >= 15 is 0 Å². The van der Waals surface area contributed by atoms with Gasteiger partial charge in [0.2, 0.25) is 0 Å². The lowest BCUT2D eigenvalue weighted by molar-refractivity contribution is 1.03. The topological polar surface area (TPSA) is 12.9 Å². The summed E-state index contributed by atoms with van der Waals surface area (Å²) in [5.74, 6) is 0.204. The number of hydrogen-bond donors (Lipinski definition) is 0. The SMILES string of the molecule is [C]1=Cc2ccccc2C1c1cccc2cccnc12. The minimum absolute atomic E-state index is 0.204. The van der Waals surface area contributed by atoms with Crippen LogP contribution in [0.15, 0.2) is 60.8 Å². The highest BCUT2D eigenvalue weighted by atomic mass is 14.7. The van der Waals surface area contributed by atoms with Gasteiger partial charge in [-0.3, -0.25) is 4.98 Å². The van der Waals surface area contributed by atoms with E-state index in [0.717, 1.165) is 5.52 Å². The Bertz CT molecular complexity index is 781. The lowest BCUT2D eigenvalue weighted by atomic mass is 9.91. The van der Waals surface area contributed by atoms with Crippen molar-refractivity contribution in [2.45, 2.75) is 5.92 Å². The van der Waals surface area contributed by atoms with E-state index in [2.05, 4.69) is 65.7 Å². The first kappa shape index (κ1) is 10.5. The first-order valence-corrected chi connectivity index (χ1v) is 6.45. The fourth-order valence-electron chi connectivity index (χ4n) is 2.79. The molecule has 1 nitrogen and oxygen atoms in total. The van der Waals surface area contributed by atoms with Crippen LogP contribution in [0.25, 0.3) is 17.0 Å². The van der Waals surface area contributed by atoms with Gasteiger partial charge in [0, 0.05) is 17.5 Å². The quantitative estimate of drug-likeness (QED) is 0.623. The van der Waals surface area contributed by atoms with Gasteiger partial charge in [0.25, 0.3) is 0 Å². The van der Waals surface area contributed by atoms with Gasteiger partial charge >= 0.3 is 0 Å². The van der Waals surface area contributed by atoms with E-state index in [1.165, 1.54) is 22.1 Å². The third kappa shape index (κ3) is 1.59. The molecule has 0 amide bonds. The summed E-state index contributed by atoms with van der Waals surface area (Å²) in [5.41, 5.74) is 4.90. The van der Waals surface area contributed by atoms with Crippen LogP contribution in [-0.2, 0) is 0 Å². The summed E-state index contributed by atoms with van der Waals surface area (Å²) >= 11 is 0. The second-order valence-corrected chi connectivity index (χ2v) is 4.80. The van der Waals surface area contributed by atoms with Crippen LogP contribution in [0.4, 0.5) is 0 Å². The molecule has 0 aliphatic heterocycles. The number of para-hydroxylation sites is 1. The second-order valence-electron chi connectivity index (χ2n) is 4.80. The summed E-state index contributed by atoms with van der Waals surface area (Å²) in [4.78, 5) is 4.54. The normalized spacial score (nSPS) is 16.7. The molecule has 0 N–H and O–H groups in total. The monoisotopic (exact) mass is 242 g/mol. The third-order valence-corrected chi connectivity index (χ3v) is 3.69.